The van der Waals surface area contributed by atoms with Crippen molar-refractivity contribution in [2.24, 2.45) is 5.92 Å². The fraction of sp³-hybridized carbons (Fsp3) is 0.406. The van der Waals surface area contributed by atoms with E-state index in [1.807, 2.05) is 36.0 Å². The minimum absolute atomic E-state index is 0.00355. The zero-order valence-corrected chi connectivity index (χ0v) is 25.0. The van der Waals surface area contributed by atoms with Crippen LogP contribution in [-0.4, -0.2) is 62.3 Å². The quantitative estimate of drug-likeness (QED) is 0.311. The summed E-state index contributed by atoms with van der Waals surface area (Å²) in [5.74, 6) is -1.80. The van der Waals surface area contributed by atoms with Crippen molar-refractivity contribution in [2.45, 2.75) is 58.1 Å². The van der Waals surface area contributed by atoms with E-state index in [4.69, 9.17) is 14.7 Å². The third kappa shape index (κ3) is 4.68. The molecule has 0 unspecified atom stereocenters. The molecule has 10 nitrogen and oxygen atoms in total. The number of benzene rings is 1. The van der Waals surface area contributed by atoms with Crippen LogP contribution in [0, 0.1) is 5.92 Å². The zero-order chi connectivity index (χ0) is 30.9. The normalized spacial score (nSPS) is 19.7. The summed E-state index contributed by atoms with van der Waals surface area (Å²) in [5, 5.41) is 2.64. The largest absolute Gasteiger partial charge is 0.366 e. The molecule has 1 saturated heterocycles. The maximum atomic E-state index is 13.8. The molecule has 1 N–H and O–H groups in total. The highest BCUT2D eigenvalue weighted by molar-refractivity contribution is 6.07. The van der Waals surface area contributed by atoms with E-state index >= 15 is 0 Å². The number of carbonyl (C=O) groups is 2. The molecular formula is C32H33F2N7O3. The standard InChI is InChI=1S/C32H33F2N7O3/c1-5-21-14-36-29-27-26(38-28(41(21)27)24-15-40(17(2)16-44-24)31(43)18-6-7-18)22-9-8-19(12-23(22)39(29)4)30(42)37-25-13-20(10-11-35-25)32(3,33)34/h8-14,17-18,24H,5-7,15-16H2,1-4H3,(H,35,37,42)/t17-,24+/m0/s1. The van der Waals surface area contributed by atoms with Gasteiger partial charge in [0.05, 0.1) is 24.9 Å². The molecule has 0 radical (unpaired) electrons. The first kappa shape index (κ1) is 28.3. The Morgan fingerprint density at radius 1 is 1.16 bits per heavy atom. The molecule has 1 aliphatic carbocycles. The van der Waals surface area contributed by atoms with Gasteiger partial charge in [-0.15, -0.1) is 0 Å². The van der Waals surface area contributed by atoms with Gasteiger partial charge in [0, 0.05) is 54.7 Å². The van der Waals surface area contributed by atoms with Crippen molar-refractivity contribution in [1.29, 1.82) is 0 Å². The lowest BCUT2D eigenvalue weighted by Gasteiger charge is -2.37. The minimum Gasteiger partial charge on any atom is -0.366 e. The molecule has 44 heavy (non-hydrogen) atoms. The predicted octanol–water partition coefficient (Wildman–Crippen LogP) is 5.50. The molecule has 12 heteroatoms. The molecule has 7 rings (SSSR count). The van der Waals surface area contributed by atoms with Gasteiger partial charge in [-0.3, -0.25) is 14.0 Å². The van der Waals surface area contributed by atoms with Gasteiger partial charge in [-0.1, -0.05) is 6.92 Å². The monoisotopic (exact) mass is 601 g/mol. The van der Waals surface area contributed by atoms with Gasteiger partial charge in [0.2, 0.25) is 5.91 Å². The Labute approximate surface area is 253 Å². The van der Waals surface area contributed by atoms with Gasteiger partial charge in [0.1, 0.15) is 29.0 Å². The van der Waals surface area contributed by atoms with Crippen LogP contribution in [0.1, 0.15) is 67.2 Å². The van der Waals surface area contributed by atoms with E-state index in [2.05, 4.69) is 21.6 Å². The summed E-state index contributed by atoms with van der Waals surface area (Å²) in [6.45, 7) is 5.73. The van der Waals surface area contributed by atoms with Crippen LogP contribution in [0.4, 0.5) is 26.1 Å². The number of carbonyl (C=O) groups excluding carboxylic acids is 2. The van der Waals surface area contributed by atoms with E-state index in [-0.39, 0.29) is 29.2 Å². The highest BCUT2D eigenvalue weighted by Gasteiger charge is 2.41. The summed E-state index contributed by atoms with van der Waals surface area (Å²) < 4.78 is 36.1. The molecule has 4 aromatic rings. The summed E-state index contributed by atoms with van der Waals surface area (Å²) in [7, 11) is 1.88. The second-order valence-corrected chi connectivity index (χ2v) is 11.9. The third-order valence-corrected chi connectivity index (χ3v) is 8.73. The van der Waals surface area contributed by atoms with Crippen LogP contribution in [0.3, 0.4) is 0 Å². The average molecular weight is 602 g/mol. The Hall–Kier alpha value is -4.45. The van der Waals surface area contributed by atoms with E-state index in [1.54, 1.807) is 12.1 Å². The van der Waals surface area contributed by atoms with Crippen LogP contribution < -0.4 is 10.2 Å². The number of aromatic nitrogens is 4. The van der Waals surface area contributed by atoms with Gasteiger partial charge in [0.25, 0.3) is 11.8 Å². The first-order valence-electron chi connectivity index (χ1n) is 14.9. The topological polar surface area (TPSA) is 105 Å². The van der Waals surface area contributed by atoms with Gasteiger partial charge in [0.15, 0.2) is 5.82 Å². The first-order valence-corrected chi connectivity index (χ1v) is 14.9. The zero-order valence-electron chi connectivity index (χ0n) is 25.0. The number of fused-ring (bicyclic) bond motifs is 2. The van der Waals surface area contributed by atoms with Gasteiger partial charge in [-0.05, 0) is 56.5 Å². The van der Waals surface area contributed by atoms with Crippen molar-refractivity contribution in [3.05, 3.63) is 65.4 Å². The van der Waals surface area contributed by atoms with E-state index in [9.17, 15) is 18.4 Å². The number of nitrogens with one attached hydrogen (secondary N) is 1. The molecule has 5 heterocycles. The lowest BCUT2D eigenvalue weighted by Crippen LogP contribution is -2.49. The Kier molecular flexibility index (Phi) is 6.65. The van der Waals surface area contributed by atoms with Crippen molar-refractivity contribution in [3.63, 3.8) is 0 Å². The maximum Gasteiger partial charge on any atom is 0.270 e. The second-order valence-electron chi connectivity index (χ2n) is 11.9. The molecule has 2 aliphatic heterocycles. The number of rotatable bonds is 6. The van der Waals surface area contributed by atoms with Crippen molar-refractivity contribution >= 4 is 34.7 Å². The molecule has 2 fully saturated rings. The van der Waals surface area contributed by atoms with E-state index in [0.717, 1.165) is 60.2 Å². The van der Waals surface area contributed by atoms with Crippen LogP contribution in [-0.2, 0) is 21.9 Å². The van der Waals surface area contributed by atoms with Crippen LogP contribution >= 0.6 is 0 Å². The number of nitrogens with zero attached hydrogens (tertiary/aromatic N) is 6. The average Bonchev–Trinajstić information content (AvgIpc) is 3.79. The number of imidazole rings is 1. The summed E-state index contributed by atoms with van der Waals surface area (Å²) >= 11 is 0. The molecule has 1 aromatic carbocycles. The van der Waals surface area contributed by atoms with E-state index in [0.29, 0.717) is 24.5 Å². The lowest BCUT2D eigenvalue weighted by molar-refractivity contribution is -0.146. The van der Waals surface area contributed by atoms with Crippen LogP contribution in [0.5, 0.6) is 0 Å². The number of alkyl halides is 2. The number of morpholine rings is 1. The van der Waals surface area contributed by atoms with Crippen LogP contribution in [0.25, 0.3) is 16.8 Å². The Morgan fingerprint density at radius 2 is 1.95 bits per heavy atom. The number of hydrogen-bond donors (Lipinski definition) is 1. The fourth-order valence-electron chi connectivity index (χ4n) is 6.10. The highest BCUT2D eigenvalue weighted by atomic mass is 19.3. The smallest absolute Gasteiger partial charge is 0.270 e. The number of halogens is 2. The summed E-state index contributed by atoms with van der Waals surface area (Å²) in [6, 6.07) is 7.65. The molecule has 0 spiro atoms. The fourth-order valence-corrected chi connectivity index (χ4v) is 6.10. The maximum absolute atomic E-state index is 13.8. The van der Waals surface area contributed by atoms with Crippen molar-refractivity contribution in [2.75, 3.05) is 30.4 Å². The SMILES string of the molecule is CCc1cnc2c3c(nc([C@H]4CN(C(=O)C5CC5)[C@@H](C)CO4)n13)-c1ccc(C(=O)Nc3cc(C(C)(F)F)ccn3)cc1N2C. The van der Waals surface area contributed by atoms with Gasteiger partial charge in [-0.2, -0.15) is 0 Å². The van der Waals surface area contributed by atoms with Crippen LogP contribution in [0.2, 0.25) is 0 Å². The second kappa shape index (κ2) is 10.3. The Balaban J connectivity index is 1.26. The van der Waals surface area contributed by atoms with Crippen molar-refractivity contribution in [1.82, 2.24) is 24.3 Å². The number of ether oxygens (including phenoxy) is 1. The molecule has 0 bridgehead atoms. The molecule has 2 amide bonds. The number of aryl methyl sites for hydroxylation is 1. The summed E-state index contributed by atoms with van der Waals surface area (Å²) in [5.41, 5.74) is 4.16. The van der Waals surface area contributed by atoms with Gasteiger partial charge >= 0.3 is 0 Å². The third-order valence-electron chi connectivity index (χ3n) is 8.73. The molecular weight excluding hydrogens is 568 g/mol. The minimum atomic E-state index is -3.06. The number of anilines is 3. The Bertz CT molecular complexity index is 1810. The van der Waals surface area contributed by atoms with Crippen molar-refractivity contribution in [3.8, 4) is 11.3 Å². The van der Waals surface area contributed by atoms with E-state index in [1.165, 1.54) is 18.3 Å². The number of hydrogen-bond acceptors (Lipinski definition) is 7. The lowest BCUT2D eigenvalue weighted by atomic mass is 10.0. The van der Waals surface area contributed by atoms with Crippen LogP contribution in [0.15, 0.2) is 42.7 Å². The van der Waals surface area contributed by atoms with Gasteiger partial charge < -0.3 is 19.9 Å². The highest BCUT2D eigenvalue weighted by Crippen LogP contribution is 2.46. The molecule has 1 saturated carbocycles. The summed E-state index contributed by atoms with van der Waals surface area (Å²) in [6.07, 6.45) is 5.27. The molecule has 3 aliphatic rings. The Morgan fingerprint density at radius 3 is 2.68 bits per heavy atom. The summed E-state index contributed by atoms with van der Waals surface area (Å²) in [4.78, 5) is 44.1. The predicted molar refractivity (Wildman–Crippen MR) is 160 cm³/mol. The molecule has 2 atom stereocenters. The molecule has 3 aromatic heterocycles. The molecule has 228 valence electrons. The van der Waals surface area contributed by atoms with Gasteiger partial charge in [-0.25, -0.2) is 23.7 Å². The van der Waals surface area contributed by atoms with Crippen molar-refractivity contribution < 1.29 is 23.1 Å². The first-order chi connectivity index (χ1) is 21.0. The number of pyridine rings is 1. The van der Waals surface area contributed by atoms with E-state index < -0.39 is 17.9 Å². The number of amides is 2.